The molecule has 3 amide bonds. The zero-order chi connectivity index (χ0) is 20.1. The predicted octanol–water partition coefficient (Wildman–Crippen LogP) is 3.25. The van der Waals surface area contributed by atoms with Gasteiger partial charge in [0, 0.05) is 30.8 Å². The van der Waals surface area contributed by atoms with Crippen LogP contribution >= 0.6 is 0 Å². The van der Waals surface area contributed by atoms with Gasteiger partial charge in [-0.1, -0.05) is 13.8 Å². The Kier molecular flexibility index (Phi) is 6.13. The minimum absolute atomic E-state index is 0.0343. The fourth-order valence-electron chi connectivity index (χ4n) is 3.16. The van der Waals surface area contributed by atoms with Crippen LogP contribution in [0.1, 0.15) is 32.4 Å². The van der Waals surface area contributed by atoms with Crippen LogP contribution in [0.2, 0.25) is 0 Å². The van der Waals surface area contributed by atoms with Crippen LogP contribution in [0.5, 0.6) is 0 Å². The maximum Gasteiger partial charge on any atom is 0.229 e. The van der Waals surface area contributed by atoms with Crippen LogP contribution in [0, 0.1) is 11.8 Å². The number of carbonyl (C=O) groups is 3. The molecule has 148 valence electrons. The third kappa shape index (κ3) is 5.22. The van der Waals surface area contributed by atoms with E-state index in [0.717, 1.165) is 0 Å². The van der Waals surface area contributed by atoms with Gasteiger partial charge < -0.3 is 20.0 Å². The van der Waals surface area contributed by atoms with Crippen LogP contribution in [0.4, 0.5) is 11.4 Å². The Morgan fingerprint density at radius 1 is 1.14 bits per heavy atom. The van der Waals surface area contributed by atoms with Gasteiger partial charge in [-0.25, -0.2) is 0 Å². The van der Waals surface area contributed by atoms with E-state index < -0.39 is 5.92 Å². The molecule has 1 aliphatic rings. The van der Waals surface area contributed by atoms with Crippen molar-refractivity contribution in [2.24, 2.45) is 11.8 Å². The van der Waals surface area contributed by atoms with Gasteiger partial charge in [0.15, 0.2) is 0 Å². The molecule has 0 radical (unpaired) electrons. The van der Waals surface area contributed by atoms with Crippen molar-refractivity contribution in [1.82, 2.24) is 4.90 Å². The molecular formula is C21H25N3O4. The van der Waals surface area contributed by atoms with Crippen LogP contribution in [0.3, 0.4) is 0 Å². The van der Waals surface area contributed by atoms with Crippen LogP contribution in [-0.4, -0.2) is 29.2 Å². The molecular weight excluding hydrogens is 358 g/mol. The molecule has 1 fully saturated rings. The number of hydrogen-bond acceptors (Lipinski definition) is 4. The lowest BCUT2D eigenvalue weighted by molar-refractivity contribution is -0.128. The molecule has 0 unspecified atom stereocenters. The third-order valence-corrected chi connectivity index (χ3v) is 4.54. The van der Waals surface area contributed by atoms with Gasteiger partial charge in [0.25, 0.3) is 0 Å². The normalized spacial score (nSPS) is 16.5. The molecule has 1 aliphatic heterocycles. The van der Waals surface area contributed by atoms with Gasteiger partial charge in [-0.3, -0.25) is 14.4 Å². The summed E-state index contributed by atoms with van der Waals surface area (Å²) in [6.07, 6.45) is 2.22. The lowest BCUT2D eigenvalue weighted by Gasteiger charge is -2.15. The standard InChI is InChI=1S/C21H25N3O4/c1-14(2)10-19(25)22-16-5-7-17(8-6-16)23-21(27)15-11-20(26)24(12-15)13-18-4-3-9-28-18/h3-9,14-15H,10-13H2,1-2H3,(H,22,25)(H,23,27)/t15-/m0/s1. The first-order valence-corrected chi connectivity index (χ1v) is 9.41. The topological polar surface area (TPSA) is 91.7 Å². The Balaban J connectivity index is 1.52. The number of amides is 3. The van der Waals surface area contributed by atoms with E-state index >= 15 is 0 Å². The fraction of sp³-hybridized carbons (Fsp3) is 0.381. The highest BCUT2D eigenvalue weighted by atomic mass is 16.3. The number of nitrogens with one attached hydrogen (secondary N) is 2. The first-order chi connectivity index (χ1) is 13.4. The Labute approximate surface area is 164 Å². The molecule has 0 saturated carbocycles. The van der Waals surface area contributed by atoms with Crippen LogP contribution in [-0.2, 0) is 20.9 Å². The van der Waals surface area contributed by atoms with Gasteiger partial charge in [-0.05, 0) is 42.3 Å². The maximum atomic E-state index is 12.5. The predicted molar refractivity (Wildman–Crippen MR) is 105 cm³/mol. The summed E-state index contributed by atoms with van der Waals surface area (Å²) in [7, 11) is 0. The van der Waals surface area contributed by atoms with E-state index in [9.17, 15) is 14.4 Å². The Morgan fingerprint density at radius 2 is 1.82 bits per heavy atom. The lowest BCUT2D eigenvalue weighted by atomic mass is 10.1. The molecule has 1 saturated heterocycles. The number of anilines is 2. The summed E-state index contributed by atoms with van der Waals surface area (Å²) in [5.74, 6) is 0.317. The molecule has 0 aliphatic carbocycles. The number of rotatable bonds is 7. The average Bonchev–Trinajstić information content (AvgIpc) is 3.26. The minimum Gasteiger partial charge on any atom is -0.467 e. The van der Waals surface area contributed by atoms with Crippen molar-refractivity contribution in [3.63, 3.8) is 0 Å². The summed E-state index contributed by atoms with van der Waals surface area (Å²) in [5.41, 5.74) is 1.31. The maximum absolute atomic E-state index is 12.5. The highest BCUT2D eigenvalue weighted by Gasteiger charge is 2.34. The van der Waals surface area contributed by atoms with Crippen LogP contribution < -0.4 is 10.6 Å². The van der Waals surface area contributed by atoms with E-state index in [1.165, 1.54) is 0 Å². The van der Waals surface area contributed by atoms with Crippen molar-refractivity contribution < 1.29 is 18.8 Å². The van der Waals surface area contributed by atoms with Gasteiger partial charge in [-0.2, -0.15) is 0 Å². The Morgan fingerprint density at radius 3 is 2.43 bits per heavy atom. The second-order valence-corrected chi connectivity index (χ2v) is 7.47. The quantitative estimate of drug-likeness (QED) is 0.768. The molecule has 1 atom stereocenters. The van der Waals surface area contributed by atoms with E-state index in [4.69, 9.17) is 4.42 Å². The Bertz CT molecular complexity index is 828. The summed E-state index contributed by atoms with van der Waals surface area (Å²) in [4.78, 5) is 38.1. The summed E-state index contributed by atoms with van der Waals surface area (Å²) < 4.78 is 5.27. The van der Waals surface area contributed by atoms with E-state index in [1.54, 1.807) is 41.5 Å². The van der Waals surface area contributed by atoms with Gasteiger partial charge in [0.2, 0.25) is 17.7 Å². The first kappa shape index (κ1) is 19.7. The number of hydrogen-bond donors (Lipinski definition) is 2. The number of benzene rings is 1. The SMILES string of the molecule is CC(C)CC(=O)Nc1ccc(NC(=O)[C@H]2CC(=O)N(Cc3ccco3)C2)cc1. The highest BCUT2D eigenvalue weighted by molar-refractivity contribution is 5.97. The summed E-state index contributed by atoms with van der Waals surface area (Å²) in [5, 5.41) is 5.67. The minimum atomic E-state index is -0.395. The fourth-order valence-corrected chi connectivity index (χ4v) is 3.16. The van der Waals surface area contributed by atoms with E-state index in [0.29, 0.717) is 42.6 Å². The first-order valence-electron chi connectivity index (χ1n) is 9.41. The van der Waals surface area contributed by atoms with E-state index in [1.807, 2.05) is 19.9 Å². The second-order valence-electron chi connectivity index (χ2n) is 7.47. The second kappa shape index (κ2) is 8.73. The smallest absolute Gasteiger partial charge is 0.229 e. The van der Waals surface area contributed by atoms with Crippen molar-refractivity contribution in [3.8, 4) is 0 Å². The number of likely N-dealkylation sites (tertiary alicyclic amines) is 1. The molecule has 7 heteroatoms. The molecule has 2 N–H and O–H groups in total. The zero-order valence-electron chi connectivity index (χ0n) is 16.1. The molecule has 0 spiro atoms. The van der Waals surface area contributed by atoms with Crippen molar-refractivity contribution in [2.45, 2.75) is 33.2 Å². The summed E-state index contributed by atoms with van der Waals surface area (Å²) in [6.45, 7) is 4.72. The van der Waals surface area contributed by atoms with Gasteiger partial charge >= 0.3 is 0 Å². The molecule has 7 nitrogen and oxygen atoms in total. The zero-order valence-corrected chi connectivity index (χ0v) is 16.1. The van der Waals surface area contributed by atoms with E-state index in [2.05, 4.69) is 10.6 Å². The van der Waals surface area contributed by atoms with Gasteiger partial charge in [0.1, 0.15) is 5.76 Å². The number of carbonyl (C=O) groups excluding carboxylic acids is 3. The number of furan rings is 1. The van der Waals surface area contributed by atoms with Crippen LogP contribution in [0.15, 0.2) is 47.1 Å². The molecule has 0 bridgehead atoms. The largest absolute Gasteiger partial charge is 0.467 e. The van der Waals surface area contributed by atoms with Crippen molar-refractivity contribution in [1.29, 1.82) is 0 Å². The average molecular weight is 383 g/mol. The van der Waals surface area contributed by atoms with Gasteiger partial charge in [0.05, 0.1) is 18.7 Å². The van der Waals surface area contributed by atoms with E-state index in [-0.39, 0.29) is 24.1 Å². The molecule has 2 heterocycles. The highest BCUT2D eigenvalue weighted by Crippen LogP contribution is 2.22. The summed E-state index contributed by atoms with van der Waals surface area (Å²) >= 11 is 0. The molecule has 2 aromatic rings. The molecule has 1 aromatic heterocycles. The third-order valence-electron chi connectivity index (χ3n) is 4.54. The van der Waals surface area contributed by atoms with Gasteiger partial charge in [-0.15, -0.1) is 0 Å². The van der Waals surface area contributed by atoms with Crippen molar-refractivity contribution in [2.75, 3.05) is 17.2 Å². The van der Waals surface area contributed by atoms with Crippen LogP contribution in [0.25, 0.3) is 0 Å². The molecule has 28 heavy (non-hydrogen) atoms. The Hall–Kier alpha value is -3.09. The van der Waals surface area contributed by atoms with Crippen molar-refractivity contribution in [3.05, 3.63) is 48.4 Å². The summed E-state index contributed by atoms with van der Waals surface area (Å²) in [6, 6.07) is 10.5. The monoisotopic (exact) mass is 383 g/mol. The molecule has 1 aromatic carbocycles. The lowest BCUT2D eigenvalue weighted by Crippen LogP contribution is -2.27. The van der Waals surface area contributed by atoms with Crippen molar-refractivity contribution >= 4 is 29.1 Å². The number of nitrogens with zero attached hydrogens (tertiary/aromatic N) is 1. The molecule has 3 rings (SSSR count).